The van der Waals surface area contributed by atoms with Crippen LogP contribution in [0.2, 0.25) is 10.0 Å². The van der Waals surface area contributed by atoms with E-state index in [0.29, 0.717) is 15.7 Å². The summed E-state index contributed by atoms with van der Waals surface area (Å²) in [5, 5.41) is 11.3. The molecule has 0 bridgehead atoms. The van der Waals surface area contributed by atoms with Crippen molar-refractivity contribution in [3.05, 3.63) is 28.2 Å². The number of guanidine groups is 1. The summed E-state index contributed by atoms with van der Waals surface area (Å²) in [4.78, 5) is 3.86. The number of halogens is 2. The van der Waals surface area contributed by atoms with E-state index in [0.717, 1.165) is 0 Å². The molecule has 80 valence electrons. The molecule has 1 rings (SSSR count). The van der Waals surface area contributed by atoms with Gasteiger partial charge in [0.25, 0.3) is 0 Å². The summed E-state index contributed by atoms with van der Waals surface area (Å²) in [6.07, 6.45) is 1.64. The number of nitrogens with one attached hydrogen (secondary N) is 1. The van der Waals surface area contributed by atoms with Crippen molar-refractivity contribution >= 4 is 34.8 Å². The van der Waals surface area contributed by atoms with Crippen LogP contribution in [0.15, 0.2) is 23.2 Å². The molecule has 0 amide bonds. The Morgan fingerprint density at radius 3 is 2.67 bits per heavy atom. The van der Waals surface area contributed by atoms with Gasteiger partial charge in [-0.2, -0.15) is 5.26 Å². The fraction of sp³-hybridized carbons (Fsp3) is 0.111. The maximum absolute atomic E-state index is 8.25. The first-order chi connectivity index (χ1) is 6.63. The molecular formula is C9H10Cl2N4. The van der Waals surface area contributed by atoms with Gasteiger partial charge in [0.1, 0.15) is 0 Å². The molecule has 0 saturated heterocycles. The minimum absolute atomic E-state index is 0. The normalized spacial score (nSPS) is 10.1. The van der Waals surface area contributed by atoms with Gasteiger partial charge in [0.15, 0.2) is 6.19 Å². The zero-order valence-corrected chi connectivity index (χ0v) is 8.47. The van der Waals surface area contributed by atoms with Crippen LogP contribution >= 0.6 is 23.2 Å². The monoisotopic (exact) mass is 244 g/mol. The third-order valence-electron chi connectivity index (χ3n) is 1.33. The highest BCUT2D eigenvalue weighted by Crippen LogP contribution is 2.27. The van der Waals surface area contributed by atoms with Crippen molar-refractivity contribution in [1.29, 1.82) is 5.26 Å². The van der Waals surface area contributed by atoms with Gasteiger partial charge in [-0.3, -0.25) is 5.32 Å². The summed E-state index contributed by atoms with van der Waals surface area (Å²) in [5.41, 5.74) is 5.80. The van der Waals surface area contributed by atoms with E-state index in [9.17, 15) is 0 Å². The van der Waals surface area contributed by atoms with Gasteiger partial charge >= 0.3 is 0 Å². The molecule has 0 aromatic heterocycles. The van der Waals surface area contributed by atoms with Crippen molar-refractivity contribution < 1.29 is 0 Å². The van der Waals surface area contributed by atoms with Crippen LogP contribution in [-0.4, -0.2) is 5.96 Å². The second kappa shape index (κ2) is 6.12. The summed E-state index contributed by atoms with van der Waals surface area (Å²) < 4.78 is 0. The largest absolute Gasteiger partial charge is 0.369 e. The van der Waals surface area contributed by atoms with Gasteiger partial charge in [0.2, 0.25) is 5.96 Å². The number of hydrogen-bond donors (Lipinski definition) is 2. The van der Waals surface area contributed by atoms with E-state index < -0.39 is 0 Å². The smallest absolute Gasteiger partial charge is 0.207 e. The summed E-state index contributed by atoms with van der Waals surface area (Å²) >= 11 is 11.5. The Morgan fingerprint density at radius 2 is 2.13 bits per heavy atom. The van der Waals surface area contributed by atoms with E-state index in [-0.39, 0.29) is 13.4 Å². The number of nitrogens with zero attached hydrogens (tertiary/aromatic N) is 2. The van der Waals surface area contributed by atoms with Crippen LogP contribution in [-0.2, 0) is 0 Å². The molecule has 0 saturated carbocycles. The highest BCUT2D eigenvalue weighted by atomic mass is 35.5. The molecule has 0 aliphatic heterocycles. The number of nitrogens with two attached hydrogens (primary N) is 1. The lowest BCUT2D eigenvalue weighted by molar-refractivity contribution is 1.22. The van der Waals surface area contributed by atoms with Crippen LogP contribution in [0.5, 0.6) is 0 Å². The summed E-state index contributed by atoms with van der Waals surface area (Å²) in [6.45, 7) is 0. The molecule has 0 radical (unpaired) electrons. The summed E-state index contributed by atoms with van der Waals surface area (Å²) in [7, 11) is 0. The number of rotatable bonds is 1. The van der Waals surface area contributed by atoms with Crippen LogP contribution in [0.4, 0.5) is 5.69 Å². The second-order valence-electron chi connectivity index (χ2n) is 2.33. The van der Waals surface area contributed by atoms with Crippen LogP contribution in [0, 0.1) is 11.5 Å². The number of hydrogen-bond acceptors (Lipinski definition) is 2. The van der Waals surface area contributed by atoms with Gasteiger partial charge in [-0.25, -0.2) is 4.99 Å². The minimum atomic E-state index is -0.0169. The Kier molecular flexibility index (Phi) is 5.53. The molecule has 15 heavy (non-hydrogen) atoms. The van der Waals surface area contributed by atoms with Gasteiger partial charge in [-0.1, -0.05) is 30.6 Å². The molecule has 0 heterocycles. The van der Waals surface area contributed by atoms with Crippen LogP contribution < -0.4 is 11.1 Å². The van der Waals surface area contributed by atoms with Gasteiger partial charge in [0.05, 0.1) is 10.7 Å². The topological polar surface area (TPSA) is 74.2 Å². The molecule has 1 aromatic carbocycles. The Bertz CT molecular complexity index is 409. The number of nitriles is 1. The van der Waals surface area contributed by atoms with E-state index in [4.69, 9.17) is 34.2 Å². The zero-order chi connectivity index (χ0) is 10.6. The Hall–Kier alpha value is -1.44. The molecular weight excluding hydrogens is 235 g/mol. The van der Waals surface area contributed by atoms with Gasteiger partial charge in [0, 0.05) is 5.02 Å². The maximum Gasteiger partial charge on any atom is 0.207 e. The first-order valence-corrected chi connectivity index (χ1v) is 4.33. The molecule has 0 unspecified atom stereocenters. The van der Waals surface area contributed by atoms with E-state index in [1.807, 2.05) is 0 Å². The molecule has 4 nitrogen and oxygen atoms in total. The highest BCUT2D eigenvalue weighted by molar-refractivity contribution is 6.36. The van der Waals surface area contributed by atoms with Crippen molar-refractivity contribution in [3.63, 3.8) is 0 Å². The average molecular weight is 245 g/mol. The van der Waals surface area contributed by atoms with Crippen molar-refractivity contribution in [2.24, 2.45) is 10.7 Å². The Morgan fingerprint density at radius 1 is 1.47 bits per heavy atom. The predicted octanol–water partition coefficient (Wildman–Crippen LogP) is 2.65. The standard InChI is InChI=1S/C8H6Cl2N4.CH4/c9-5-1-2-7(6(10)3-5)14-8(12)13-4-11;/h1-3H,(H3,12,13,14);1H4. The summed E-state index contributed by atoms with van der Waals surface area (Å²) in [5.74, 6) is -0.0169. The Labute approximate surface area is 98.3 Å². The van der Waals surface area contributed by atoms with Crippen LogP contribution in [0.3, 0.4) is 0 Å². The number of benzene rings is 1. The number of aliphatic imine (C=N–C) groups is 1. The van der Waals surface area contributed by atoms with E-state index in [1.54, 1.807) is 24.4 Å². The molecule has 0 aliphatic carbocycles. The SMILES string of the molecule is C.N#CNC(N)=Nc1ccc(Cl)cc1Cl. The third-order valence-corrected chi connectivity index (χ3v) is 1.87. The lowest BCUT2D eigenvalue weighted by Gasteiger charge is -1.99. The van der Waals surface area contributed by atoms with E-state index in [2.05, 4.69) is 10.3 Å². The molecule has 0 atom stereocenters. The van der Waals surface area contributed by atoms with E-state index >= 15 is 0 Å². The average Bonchev–Trinajstić information content (AvgIpc) is 2.10. The minimum Gasteiger partial charge on any atom is -0.369 e. The molecule has 0 spiro atoms. The molecule has 0 aliphatic rings. The third kappa shape index (κ3) is 4.07. The lowest BCUT2D eigenvalue weighted by atomic mass is 10.3. The first kappa shape index (κ1) is 13.6. The molecule has 3 N–H and O–H groups in total. The highest BCUT2D eigenvalue weighted by Gasteiger charge is 2.00. The van der Waals surface area contributed by atoms with Crippen molar-refractivity contribution in [1.82, 2.24) is 5.32 Å². The molecule has 1 aromatic rings. The molecule has 6 heteroatoms. The van der Waals surface area contributed by atoms with Crippen molar-refractivity contribution in [2.45, 2.75) is 7.43 Å². The quantitative estimate of drug-likeness (QED) is 0.345. The molecule has 0 fully saturated rings. The predicted molar refractivity (Wildman–Crippen MR) is 63.2 cm³/mol. The Balaban J connectivity index is 0.00000196. The van der Waals surface area contributed by atoms with E-state index in [1.165, 1.54) is 0 Å². The van der Waals surface area contributed by atoms with Gasteiger partial charge in [-0.15, -0.1) is 0 Å². The van der Waals surface area contributed by atoms with Crippen molar-refractivity contribution in [2.75, 3.05) is 0 Å². The summed E-state index contributed by atoms with van der Waals surface area (Å²) in [6, 6.07) is 4.78. The van der Waals surface area contributed by atoms with Gasteiger partial charge < -0.3 is 5.73 Å². The lowest BCUT2D eigenvalue weighted by Crippen LogP contribution is -2.26. The van der Waals surface area contributed by atoms with Crippen LogP contribution in [0.25, 0.3) is 0 Å². The van der Waals surface area contributed by atoms with Crippen LogP contribution in [0.1, 0.15) is 7.43 Å². The fourth-order valence-electron chi connectivity index (χ4n) is 0.787. The zero-order valence-electron chi connectivity index (χ0n) is 6.96. The fourth-order valence-corrected chi connectivity index (χ4v) is 1.24. The van der Waals surface area contributed by atoms with Gasteiger partial charge in [-0.05, 0) is 18.2 Å². The maximum atomic E-state index is 8.25. The van der Waals surface area contributed by atoms with Crippen molar-refractivity contribution in [3.8, 4) is 6.19 Å². The second-order valence-corrected chi connectivity index (χ2v) is 3.17. The first-order valence-electron chi connectivity index (χ1n) is 3.58.